The van der Waals surface area contributed by atoms with Crippen LogP contribution in [0.1, 0.15) is 13.3 Å². The second kappa shape index (κ2) is 5.19. The van der Waals surface area contributed by atoms with Crippen LogP contribution in [0.25, 0.3) is 0 Å². The van der Waals surface area contributed by atoms with Gasteiger partial charge in [0, 0.05) is 12.6 Å². The Balaban J connectivity index is 2.16. The molecule has 0 saturated carbocycles. The summed E-state index contributed by atoms with van der Waals surface area (Å²) in [6, 6.07) is 0.321. The van der Waals surface area contributed by atoms with Crippen molar-refractivity contribution < 1.29 is 14.3 Å². The first-order valence-corrected chi connectivity index (χ1v) is 4.62. The van der Waals surface area contributed by atoms with Gasteiger partial charge in [0.25, 0.3) is 0 Å². The zero-order valence-electron chi connectivity index (χ0n) is 8.21. The molecule has 0 radical (unpaired) electrons. The van der Waals surface area contributed by atoms with E-state index in [9.17, 15) is 4.79 Å². The highest BCUT2D eigenvalue weighted by Crippen LogP contribution is 2.15. The lowest BCUT2D eigenvalue weighted by Gasteiger charge is -2.18. The Labute approximate surface area is 78.6 Å². The standard InChI is InChI=1S/C9H17NO3/c1-7(8-3-4-13-6-8)10-5-9(11)12-2/h7-8,10H,3-6H2,1-2H3. The van der Waals surface area contributed by atoms with Crippen LogP contribution in [0.3, 0.4) is 0 Å². The van der Waals surface area contributed by atoms with E-state index in [1.807, 2.05) is 0 Å². The van der Waals surface area contributed by atoms with E-state index in [1.165, 1.54) is 7.11 Å². The minimum absolute atomic E-state index is 0.217. The number of hydrogen-bond donors (Lipinski definition) is 1. The van der Waals surface area contributed by atoms with Crippen molar-refractivity contribution >= 4 is 5.97 Å². The average Bonchev–Trinajstić information content (AvgIpc) is 2.66. The smallest absolute Gasteiger partial charge is 0.319 e. The van der Waals surface area contributed by atoms with E-state index in [1.54, 1.807) is 0 Å². The monoisotopic (exact) mass is 187 g/mol. The van der Waals surface area contributed by atoms with Crippen molar-refractivity contribution in [3.8, 4) is 0 Å². The Morgan fingerprint density at radius 2 is 2.54 bits per heavy atom. The number of hydrogen-bond acceptors (Lipinski definition) is 4. The fourth-order valence-electron chi connectivity index (χ4n) is 1.43. The molecule has 0 aromatic heterocycles. The first kappa shape index (κ1) is 10.5. The number of nitrogens with one attached hydrogen (secondary N) is 1. The molecule has 1 saturated heterocycles. The molecule has 0 bridgehead atoms. The molecule has 76 valence electrons. The van der Waals surface area contributed by atoms with Crippen molar-refractivity contribution in [2.75, 3.05) is 26.9 Å². The number of carbonyl (C=O) groups excluding carboxylic acids is 1. The van der Waals surface area contributed by atoms with Crippen molar-refractivity contribution in [2.45, 2.75) is 19.4 Å². The minimum Gasteiger partial charge on any atom is -0.468 e. The summed E-state index contributed by atoms with van der Waals surface area (Å²) in [6.07, 6.45) is 1.08. The van der Waals surface area contributed by atoms with Crippen LogP contribution in [-0.2, 0) is 14.3 Å². The molecule has 1 aliphatic heterocycles. The molecule has 0 spiro atoms. The van der Waals surface area contributed by atoms with Crippen LogP contribution < -0.4 is 5.32 Å². The highest BCUT2D eigenvalue weighted by molar-refractivity contribution is 5.71. The van der Waals surface area contributed by atoms with Gasteiger partial charge in [-0.2, -0.15) is 0 Å². The first-order chi connectivity index (χ1) is 6.24. The Morgan fingerprint density at radius 1 is 1.77 bits per heavy atom. The molecule has 4 nitrogen and oxygen atoms in total. The average molecular weight is 187 g/mol. The Kier molecular flexibility index (Phi) is 4.18. The van der Waals surface area contributed by atoms with Crippen LogP contribution in [0.2, 0.25) is 0 Å². The normalized spacial score (nSPS) is 24.3. The summed E-state index contributed by atoms with van der Waals surface area (Å²) in [5.74, 6) is 0.315. The Bertz CT molecular complexity index is 166. The molecule has 0 aliphatic carbocycles. The lowest BCUT2D eigenvalue weighted by atomic mass is 10.0. The molecule has 1 rings (SSSR count). The van der Waals surface area contributed by atoms with Gasteiger partial charge in [0.1, 0.15) is 0 Å². The van der Waals surface area contributed by atoms with E-state index in [2.05, 4.69) is 17.0 Å². The number of methoxy groups -OCH3 is 1. The quantitative estimate of drug-likeness (QED) is 0.637. The summed E-state index contributed by atoms with van der Waals surface area (Å²) < 4.78 is 9.79. The van der Waals surface area contributed by atoms with Crippen LogP contribution in [0, 0.1) is 5.92 Å². The highest BCUT2D eigenvalue weighted by atomic mass is 16.5. The van der Waals surface area contributed by atoms with Crippen LogP contribution in [0.15, 0.2) is 0 Å². The Morgan fingerprint density at radius 3 is 3.08 bits per heavy atom. The SMILES string of the molecule is COC(=O)CNC(C)C1CCOC1. The third-order valence-electron chi connectivity index (χ3n) is 2.47. The van der Waals surface area contributed by atoms with Crippen molar-refractivity contribution in [1.82, 2.24) is 5.32 Å². The van der Waals surface area contributed by atoms with Gasteiger partial charge in [-0.15, -0.1) is 0 Å². The van der Waals surface area contributed by atoms with E-state index in [4.69, 9.17) is 4.74 Å². The maximum absolute atomic E-state index is 10.8. The molecule has 1 fully saturated rings. The van der Waals surface area contributed by atoms with E-state index < -0.39 is 0 Å². The van der Waals surface area contributed by atoms with Gasteiger partial charge in [0.05, 0.1) is 20.3 Å². The third-order valence-corrected chi connectivity index (χ3v) is 2.47. The van der Waals surface area contributed by atoms with Gasteiger partial charge in [-0.3, -0.25) is 4.79 Å². The van der Waals surface area contributed by atoms with Gasteiger partial charge in [0.15, 0.2) is 0 Å². The van der Waals surface area contributed by atoms with Gasteiger partial charge in [-0.05, 0) is 19.3 Å². The molecular weight excluding hydrogens is 170 g/mol. The zero-order chi connectivity index (χ0) is 9.68. The van der Waals surface area contributed by atoms with Crippen LogP contribution >= 0.6 is 0 Å². The summed E-state index contributed by atoms with van der Waals surface area (Å²) in [4.78, 5) is 10.8. The molecular formula is C9H17NO3. The first-order valence-electron chi connectivity index (χ1n) is 4.62. The fourth-order valence-corrected chi connectivity index (χ4v) is 1.43. The predicted octanol–water partition coefficient (Wildman–Crippen LogP) is 0.174. The molecule has 0 amide bonds. The predicted molar refractivity (Wildman–Crippen MR) is 48.4 cm³/mol. The molecule has 1 aliphatic rings. The van der Waals surface area contributed by atoms with Crippen molar-refractivity contribution in [2.24, 2.45) is 5.92 Å². The van der Waals surface area contributed by atoms with E-state index >= 15 is 0 Å². The van der Waals surface area contributed by atoms with Crippen LogP contribution in [-0.4, -0.2) is 38.9 Å². The van der Waals surface area contributed by atoms with Gasteiger partial charge in [-0.25, -0.2) is 0 Å². The lowest BCUT2D eigenvalue weighted by Crippen LogP contribution is -2.37. The molecule has 2 atom stereocenters. The van der Waals surface area contributed by atoms with Crippen molar-refractivity contribution in [3.63, 3.8) is 0 Å². The number of esters is 1. The number of rotatable bonds is 4. The van der Waals surface area contributed by atoms with Gasteiger partial charge >= 0.3 is 5.97 Å². The van der Waals surface area contributed by atoms with Crippen LogP contribution in [0.5, 0.6) is 0 Å². The molecule has 4 heteroatoms. The van der Waals surface area contributed by atoms with E-state index in [0.29, 0.717) is 12.0 Å². The van der Waals surface area contributed by atoms with Gasteiger partial charge in [0.2, 0.25) is 0 Å². The third kappa shape index (κ3) is 3.32. The Hall–Kier alpha value is -0.610. The highest BCUT2D eigenvalue weighted by Gasteiger charge is 2.22. The molecule has 0 aromatic carbocycles. The summed E-state index contributed by atoms with van der Waals surface area (Å²) in [5, 5.41) is 3.12. The van der Waals surface area contributed by atoms with Crippen molar-refractivity contribution in [1.29, 1.82) is 0 Å². The van der Waals surface area contributed by atoms with Gasteiger partial charge < -0.3 is 14.8 Å². The molecule has 13 heavy (non-hydrogen) atoms. The lowest BCUT2D eigenvalue weighted by molar-refractivity contribution is -0.139. The van der Waals surface area contributed by atoms with Gasteiger partial charge in [-0.1, -0.05) is 0 Å². The minimum atomic E-state index is -0.217. The fraction of sp³-hybridized carbons (Fsp3) is 0.889. The molecule has 1 heterocycles. The summed E-state index contributed by atoms with van der Waals surface area (Å²) in [5.41, 5.74) is 0. The topological polar surface area (TPSA) is 47.6 Å². The molecule has 1 N–H and O–H groups in total. The summed E-state index contributed by atoms with van der Waals surface area (Å²) >= 11 is 0. The summed E-state index contributed by atoms with van der Waals surface area (Å²) in [6.45, 7) is 4.00. The zero-order valence-corrected chi connectivity index (χ0v) is 8.21. The number of ether oxygens (including phenoxy) is 2. The van der Waals surface area contributed by atoms with Crippen molar-refractivity contribution in [3.05, 3.63) is 0 Å². The van der Waals surface area contributed by atoms with Crippen LogP contribution in [0.4, 0.5) is 0 Å². The number of carbonyl (C=O) groups is 1. The molecule has 0 aromatic rings. The second-order valence-electron chi connectivity index (χ2n) is 3.37. The maximum Gasteiger partial charge on any atom is 0.319 e. The van der Waals surface area contributed by atoms with E-state index in [0.717, 1.165) is 19.6 Å². The largest absolute Gasteiger partial charge is 0.468 e. The molecule has 2 unspecified atom stereocenters. The second-order valence-corrected chi connectivity index (χ2v) is 3.37. The van der Waals surface area contributed by atoms with E-state index in [-0.39, 0.29) is 12.5 Å². The maximum atomic E-state index is 10.8. The summed E-state index contributed by atoms with van der Waals surface area (Å²) in [7, 11) is 1.40.